The van der Waals surface area contributed by atoms with Crippen LogP contribution < -0.4 is 11.3 Å². The Labute approximate surface area is 101 Å². The molecular weight excluding hydrogens is 242 g/mol. The molecule has 2 aromatic rings. The monoisotopic (exact) mass is 251 g/mol. The summed E-state index contributed by atoms with van der Waals surface area (Å²) >= 11 is 1.12. The number of nitrogens with one attached hydrogen (secondary N) is 1. The third kappa shape index (κ3) is 3.02. The first-order chi connectivity index (χ1) is 8.29. The van der Waals surface area contributed by atoms with Gasteiger partial charge in [0, 0.05) is 12.4 Å². The van der Waals surface area contributed by atoms with Gasteiger partial charge >= 0.3 is 0 Å². The third-order valence-corrected chi connectivity index (χ3v) is 2.62. The minimum absolute atomic E-state index is 0.130. The molecule has 2 rings (SSSR count). The van der Waals surface area contributed by atoms with Gasteiger partial charge in [-0.3, -0.25) is 15.2 Å². The molecule has 3 N–H and O–H groups in total. The highest BCUT2D eigenvalue weighted by atomic mass is 32.2. The number of nitrogens with zero attached hydrogens (tertiary/aromatic N) is 3. The van der Waals surface area contributed by atoms with Crippen LogP contribution in [0.15, 0.2) is 34.2 Å². The van der Waals surface area contributed by atoms with Gasteiger partial charge in [0.1, 0.15) is 0 Å². The summed E-state index contributed by atoms with van der Waals surface area (Å²) in [6.45, 7) is 0. The van der Waals surface area contributed by atoms with Crippen molar-refractivity contribution in [2.75, 3.05) is 5.75 Å². The van der Waals surface area contributed by atoms with Crippen LogP contribution in [0.25, 0.3) is 11.5 Å². The lowest BCUT2D eigenvalue weighted by Crippen LogP contribution is -2.31. The molecule has 0 atom stereocenters. The lowest BCUT2D eigenvalue weighted by Gasteiger charge is -1.94. The molecule has 2 heterocycles. The van der Waals surface area contributed by atoms with Gasteiger partial charge in [-0.1, -0.05) is 11.8 Å². The minimum Gasteiger partial charge on any atom is -0.411 e. The standard InChI is InChI=1S/C9H9N5O2S/c10-12-7(15)5-17-9-14-13-8(16-9)6-2-1-3-11-4-6/h1-4H,5,10H2,(H,12,15). The van der Waals surface area contributed by atoms with E-state index in [0.717, 1.165) is 17.3 Å². The number of hydrazine groups is 1. The second-order valence-corrected chi connectivity index (χ2v) is 3.90. The average molecular weight is 251 g/mol. The van der Waals surface area contributed by atoms with E-state index in [2.05, 4.69) is 15.2 Å². The fourth-order valence-corrected chi connectivity index (χ4v) is 1.62. The highest BCUT2D eigenvalue weighted by Gasteiger charge is 2.10. The largest absolute Gasteiger partial charge is 0.411 e. The van der Waals surface area contributed by atoms with Crippen molar-refractivity contribution < 1.29 is 9.21 Å². The predicted octanol–water partition coefficient (Wildman–Crippen LogP) is 0.214. The van der Waals surface area contributed by atoms with E-state index in [9.17, 15) is 4.79 Å². The molecule has 0 fully saturated rings. The maximum Gasteiger partial charge on any atom is 0.277 e. The highest BCUT2D eigenvalue weighted by molar-refractivity contribution is 7.99. The maximum atomic E-state index is 10.9. The molecule has 0 spiro atoms. The molecule has 8 heteroatoms. The molecule has 0 aliphatic heterocycles. The molecule has 17 heavy (non-hydrogen) atoms. The van der Waals surface area contributed by atoms with E-state index in [-0.39, 0.29) is 11.7 Å². The molecule has 0 saturated heterocycles. The third-order valence-electron chi connectivity index (χ3n) is 1.80. The topological polar surface area (TPSA) is 107 Å². The number of aromatic nitrogens is 3. The van der Waals surface area contributed by atoms with Crippen LogP contribution >= 0.6 is 11.8 Å². The van der Waals surface area contributed by atoms with Gasteiger partial charge in [-0.05, 0) is 12.1 Å². The van der Waals surface area contributed by atoms with Gasteiger partial charge in [0.2, 0.25) is 11.8 Å². The first-order valence-corrected chi connectivity index (χ1v) is 5.64. The minimum atomic E-state index is -0.309. The van der Waals surface area contributed by atoms with E-state index in [1.807, 2.05) is 11.5 Å². The van der Waals surface area contributed by atoms with Crippen LogP contribution in [0.4, 0.5) is 0 Å². The lowest BCUT2D eigenvalue weighted by molar-refractivity contribution is -0.118. The fourth-order valence-electron chi connectivity index (χ4n) is 1.04. The number of nitrogens with two attached hydrogens (primary N) is 1. The summed E-state index contributed by atoms with van der Waals surface area (Å²) in [6.07, 6.45) is 3.27. The zero-order valence-corrected chi connectivity index (χ0v) is 9.48. The van der Waals surface area contributed by atoms with Gasteiger partial charge in [0.15, 0.2) is 0 Å². The Morgan fingerprint density at radius 3 is 3.12 bits per heavy atom. The van der Waals surface area contributed by atoms with E-state index in [0.29, 0.717) is 11.1 Å². The van der Waals surface area contributed by atoms with Crippen LogP contribution in [0.3, 0.4) is 0 Å². The zero-order chi connectivity index (χ0) is 12.1. The number of amides is 1. The smallest absolute Gasteiger partial charge is 0.277 e. The van der Waals surface area contributed by atoms with Crippen molar-refractivity contribution in [2.24, 2.45) is 5.84 Å². The Hall–Kier alpha value is -1.93. The van der Waals surface area contributed by atoms with Crippen LogP contribution in [0.1, 0.15) is 0 Å². The Morgan fingerprint density at radius 2 is 2.41 bits per heavy atom. The molecule has 1 amide bonds. The molecule has 0 radical (unpaired) electrons. The van der Waals surface area contributed by atoms with Crippen molar-refractivity contribution in [3.05, 3.63) is 24.5 Å². The van der Waals surface area contributed by atoms with Gasteiger partial charge in [-0.15, -0.1) is 10.2 Å². The summed E-state index contributed by atoms with van der Waals surface area (Å²) in [5, 5.41) is 7.96. The van der Waals surface area contributed by atoms with Crippen molar-refractivity contribution in [3.63, 3.8) is 0 Å². The Morgan fingerprint density at radius 1 is 1.53 bits per heavy atom. The molecule has 88 valence electrons. The maximum absolute atomic E-state index is 10.9. The van der Waals surface area contributed by atoms with E-state index >= 15 is 0 Å². The van der Waals surface area contributed by atoms with E-state index in [1.165, 1.54) is 0 Å². The molecule has 0 bridgehead atoms. The van der Waals surface area contributed by atoms with Gasteiger partial charge in [0.25, 0.3) is 5.22 Å². The number of hydrogen-bond acceptors (Lipinski definition) is 7. The van der Waals surface area contributed by atoms with Crippen molar-refractivity contribution in [3.8, 4) is 11.5 Å². The number of pyridine rings is 1. The summed E-state index contributed by atoms with van der Waals surface area (Å²) in [5.41, 5.74) is 2.75. The van der Waals surface area contributed by atoms with Crippen LogP contribution in [0, 0.1) is 0 Å². The molecule has 0 aromatic carbocycles. The number of carbonyl (C=O) groups is 1. The van der Waals surface area contributed by atoms with Gasteiger partial charge < -0.3 is 4.42 Å². The van der Waals surface area contributed by atoms with Crippen LogP contribution in [-0.2, 0) is 4.79 Å². The van der Waals surface area contributed by atoms with E-state index in [1.54, 1.807) is 18.5 Å². The second-order valence-electron chi connectivity index (χ2n) is 2.97. The van der Waals surface area contributed by atoms with Crippen LogP contribution in [0.2, 0.25) is 0 Å². The lowest BCUT2D eigenvalue weighted by atomic mass is 10.3. The van der Waals surface area contributed by atoms with Crippen LogP contribution in [0.5, 0.6) is 0 Å². The summed E-state index contributed by atoms with van der Waals surface area (Å²) in [5.74, 6) is 5.13. The molecule has 7 nitrogen and oxygen atoms in total. The Balaban J connectivity index is 2.04. The zero-order valence-electron chi connectivity index (χ0n) is 8.66. The van der Waals surface area contributed by atoms with Gasteiger partial charge in [0.05, 0.1) is 11.3 Å². The van der Waals surface area contributed by atoms with Gasteiger partial charge in [-0.25, -0.2) is 5.84 Å². The highest BCUT2D eigenvalue weighted by Crippen LogP contribution is 2.21. The average Bonchev–Trinajstić information content (AvgIpc) is 2.86. The van der Waals surface area contributed by atoms with Crippen molar-refractivity contribution >= 4 is 17.7 Å². The summed E-state index contributed by atoms with van der Waals surface area (Å²) < 4.78 is 5.34. The molecule has 0 aliphatic carbocycles. The molecule has 0 aliphatic rings. The number of thioether (sulfide) groups is 1. The van der Waals surface area contributed by atoms with E-state index < -0.39 is 0 Å². The molecule has 0 unspecified atom stereocenters. The number of carbonyl (C=O) groups excluding carboxylic acids is 1. The Kier molecular flexibility index (Phi) is 3.68. The first kappa shape index (κ1) is 11.6. The summed E-state index contributed by atoms with van der Waals surface area (Å²) in [4.78, 5) is 14.8. The Bertz CT molecular complexity index is 501. The van der Waals surface area contributed by atoms with Crippen molar-refractivity contribution in [1.29, 1.82) is 0 Å². The SMILES string of the molecule is NNC(=O)CSc1nnc(-c2cccnc2)o1. The first-order valence-electron chi connectivity index (χ1n) is 4.66. The van der Waals surface area contributed by atoms with Crippen molar-refractivity contribution in [1.82, 2.24) is 20.6 Å². The molecule has 0 saturated carbocycles. The molecule has 2 aromatic heterocycles. The van der Waals surface area contributed by atoms with Crippen molar-refractivity contribution in [2.45, 2.75) is 5.22 Å². The second kappa shape index (κ2) is 5.41. The molecular formula is C9H9N5O2S. The summed E-state index contributed by atoms with van der Waals surface area (Å²) in [7, 11) is 0. The quantitative estimate of drug-likeness (QED) is 0.346. The number of hydrogen-bond donors (Lipinski definition) is 2. The fraction of sp³-hybridized carbons (Fsp3) is 0.111. The van der Waals surface area contributed by atoms with Crippen LogP contribution in [-0.4, -0.2) is 26.8 Å². The van der Waals surface area contributed by atoms with E-state index in [4.69, 9.17) is 10.3 Å². The number of rotatable bonds is 4. The summed E-state index contributed by atoms with van der Waals surface area (Å²) in [6, 6.07) is 3.58. The predicted molar refractivity (Wildman–Crippen MR) is 60.6 cm³/mol. The van der Waals surface area contributed by atoms with Gasteiger partial charge in [-0.2, -0.15) is 0 Å². The normalized spacial score (nSPS) is 10.2.